The summed E-state index contributed by atoms with van der Waals surface area (Å²) in [6.07, 6.45) is -1.09. The first-order chi connectivity index (χ1) is 12.8. The Morgan fingerprint density at radius 1 is 1.04 bits per heavy atom. The van der Waals surface area contributed by atoms with Crippen molar-refractivity contribution in [2.75, 3.05) is 13.1 Å². The number of benzene rings is 2. The van der Waals surface area contributed by atoms with E-state index in [-0.39, 0.29) is 25.3 Å². The van der Waals surface area contributed by atoms with Gasteiger partial charge in [0.2, 0.25) is 0 Å². The zero-order valence-corrected chi connectivity index (χ0v) is 14.9. The lowest BCUT2D eigenvalue weighted by molar-refractivity contribution is -0.185. The number of carbonyl (C=O) groups is 1. The molecular weight excluding hydrogens is 382 g/mol. The molecule has 142 valence electrons. The largest absolute Gasteiger partial charge is 0.471 e. The van der Waals surface area contributed by atoms with Gasteiger partial charge in [-0.25, -0.2) is 4.39 Å². The van der Waals surface area contributed by atoms with Crippen molar-refractivity contribution in [3.63, 3.8) is 0 Å². The number of hydrogen-bond donors (Lipinski definition) is 0. The fourth-order valence-corrected chi connectivity index (χ4v) is 3.41. The Hall–Kier alpha value is -2.34. The summed E-state index contributed by atoms with van der Waals surface area (Å²) in [6.45, 7) is -0.0599. The second kappa shape index (κ2) is 7.72. The lowest BCUT2D eigenvalue weighted by Gasteiger charge is -2.21. The van der Waals surface area contributed by atoms with Gasteiger partial charge >= 0.3 is 12.1 Å². The second-order valence-electron chi connectivity index (χ2n) is 6.24. The number of amides is 1. The molecule has 0 saturated carbocycles. The van der Waals surface area contributed by atoms with Gasteiger partial charge in [-0.05, 0) is 41.7 Å². The standard InChI is InChI=1S/C20H16ClF4NO/c21-17-8-6-13-9-11-26(19(27)20(23,24)25)12-10-15(13)16(17)7-5-14-3-1-2-4-18(14)22/h1-8H,9-12H2/b7-5-. The molecule has 27 heavy (non-hydrogen) atoms. The minimum absolute atomic E-state index is 0.0105. The first kappa shape index (κ1) is 19.4. The van der Waals surface area contributed by atoms with E-state index in [9.17, 15) is 22.4 Å². The molecule has 0 fully saturated rings. The highest BCUT2D eigenvalue weighted by atomic mass is 35.5. The number of fused-ring (bicyclic) bond motifs is 1. The van der Waals surface area contributed by atoms with Crippen LogP contribution in [0.15, 0.2) is 36.4 Å². The predicted molar refractivity (Wildman–Crippen MR) is 96.8 cm³/mol. The van der Waals surface area contributed by atoms with E-state index in [0.717, 1.165) is 16.0 Å². The third-order valence-corrected chi connectivity index (χ3v) is 4.88. The molecular formula is C20H16ClF4NO. The van der Waals surface area contributed by atoms with Gasteiger partial charge in [0.25, 0.3) is 0 Å². The second-order valence-corrected chi connectivity index (χ2v) is 6.65. The molecule has 1 heterocycles. The highest BCUT2D eigenvalue weighted by molar-refractivity contribution is 6.32. The van der Waals surface area contributed by atoms with Crippen molar-refractivity contribution < 1.29 is 22.4 Å². The Balaban J connectivity index is 1.90. The van der Waals surface area contributed by atoms with Crippen LogP contribution in [0.4, 0.5) is 17.6 Å². The maximum atomic E-state index is 13.8. The molecule has 3 rings (SSSR count). The maximum Gasteiger partial charge on any atom is 0.471 e. The predicted octanol–water partition coefficient (Wildman–Crippen LogP) is 5.14. The molecule has 1 aliphatic heterocycles. The smallest absolute Gasteiger partial charge is 0.334 e. The first-order valence-corrected chi connectivity index (χ1v) is 8.74. The maximum absolute atomic E-state index is 13.8. The summed E-state index contributed by atoms with van der Waals surface area (Å²) in [4.78, 5) is 12.4. The lowest BCUT2D eigenvalue weighted by Crippen LogP contribution is -2.42. The SMILES string of the molecule is O=C(N1CCc2ccc(Cl)c(/C=C\c3ccccc3F)c2CC1)C(F)(F)F. The van der Waals surface area contributed by atoms with E-state index in [4.69, 9.17) is 11.6 Å². The molecule has 2 nitrogen and oxygen atoms in total. The zero-order chi connectivity index (χ0) is 19.6. The fourth-order valence-electron chi connectivity index (χ4n) is 3.17. The summed E-state index contributed by atoms with van der Waals surface area (Å²) in [7, 11) is 0. The molecule has 0 radical (unpaired) electrons. The Bertz CT molecular complexity index is 892. The molecule has 0 atom stereocenters. The molecule has 2 aromatic carbocycles. The van der Waals surface area contributed by atoms with Crippen LogP contribution in [0.2, 0.25) is 5.02 Å². The van der Waals surface area contributed by atoms with E-state index in [1.54, 1.807) is 42.5 Å². The minimum Gasteiger partial charge on any atom is -0.334 e. The van der Waals surface area contributed by atoms with Crippen molar-refractivity contribution in [1.82, 2.24) is 4.90 Å². The quantitative estimate of drug-likeness (QED) is 0.507. The zero-order valence-electron chi connectivity index (χ0n) is 14.2. The summed E-state index contributed by atoms with van der Waals surface area (Å²) in [5.41, 5.74) is 2.64. The van der Waals surface area contributed by atoms with Crippen molar-refractivity contribution >= 4 is 29.7 Å². The van der Waals surface area contributed by atoms with E-state index in [1.165, 1.54) is 6.07 Å². The normalized spacial score (nSPS) is 14.9. The van der Waals surface area contributed by atoms with Gasteiger partial charge < -0.3 is 4.90 Å². The average molecular weight is 398 g/mol. The van der Waals surface area contributed by atoms with Crippen molar-refractivity contribution in [3.05, 3.63) is 69.5 Å². The molecule has 0 aromatic heterocycles. The Morgan fingerprint density at radius 2 is 1.74 bits per heavy atom. The van der Waals surface area contributed by atoms with Crippen LogP contribution < -0.4 is 0 Å². The van der Waals surface area contributed by atoms with Crippen LogP contribution in [0.3, 0.4) is 0 Å². The van der Waals surface area contributed by atoms with Crippen LogP contribution in [-0.4, -0.2) is 30.1 Å². The summed E-state index contributed by atoms with van der Waals surface area (Å²) < 4.78 is 52.0. The average Bonchev–Trinajstić information content (AvgIpc) is 2.83. The van der Waals surface area contributed by atoms with E-state index < -0.39 is 12.1 Å². The summed E-state index contributed by atoms with van der Waals surface area (Å²) in [5.74, 6) is -2.21. The van der Waals surface area contributed by atoms with Crippen LogP contribution >= 0.6 is 11.6 Å². The molecule has 7 heteroatoms. The molecule has 0 spiro atoms. The number of carbonyl (C=O) groups excluding carboxylic acids is 1. The van der Waals surface area contributed by atoms with Gasteiger partial charge in [0.05, 0.1) is 0 Å². The molecule has 1 aliphatic rings. The van der Waals surface area contributed by atoms with Gasteiger partial charge in [-0.3, -0.25) is 4.79 Å². The number of nitrogens with zero attached hydrogens (tertiary/aromatic N) is 1. The molecule has 0 bridgehead atoms. The van der Waals surface area contributed by atoms with E-state index in [0.29, 0.717) is 22.6 Å². The van der Waals surface area contributed by atoms with Crippen molar-refractivity contribution in [2.45, 2.75) is 19.0 Å². The van der Waals surface area contributed by atoms with Crippen molar-refractivity contribution in [2.24, 2.45) is 0 Å². The van der Waals surface area contributed by atoms with Gasteiger partial charge in [0.1, 0.15) is 5.82 Å². The molecule has 0 N–H and O–H groups in total. The van der Waals surface area contributed by atoms with Crippen LogP contribution in [0, 0.1) is 5.82 Å². The molecule has 0 unspecified atom stereocenters. The molecule has 0 aliphatic carbocycles. The summed E-state index contributed by atoms with van der Waals surface area (Å²) >= 11 is 6.29. The monoisotopic (exact) mass is 397 g/mol. The van der Waals surface area contributed by atoms with Gasteiger partial charge in [-0.1, -0.05) is 48.0 Å². The molecule has 1 amide bonds. The third-order valence-electron chi connectivity index (χ3n) is 4.55. The van der Waals surface area contributed by atoms with Gasteiger partial charge in [0, 0.05) is 23.7 Å². The Morgan fingerprint density at radius 3 is 2.44 bits per heavy atom. The topological polar surface area (TPSA) is 20.3 Å². The first-order valence-electron chi connectivity index (χ1n) is 8.36. The summed E-state index contributed by atoms with van der Waals surface area (Å²) in [6, 6.07) is 9.68. The molecule has 2 aromatic rings. The van der Waals surface area contributed by atoms with Crippen LogP contribution in [0.5, 0.6) is 0 Å². The minimum atomic E-state index is -4.89. The fraction of sp³-hybridized carbons (Fsp3) is 0.250. The van der Waals surface area contributed by atoms with Gasteiger partial charge in [0.15, 0.2) is 0 Å². The van der Waals surface area contributed by atoms with Crippen LogP contribution in [-0.2, 0) is 17.6 Å². The van der Waals surface area contributed by atoms with Gasteiger partial charge in [-0.15, -0.1) is 0 Å². The number of alkyl halides is 3. The van der Waals surface area contributed by atoms with Gasteiger partial charge in [-0.2, -0.15) is 13.2 Å². The highest BCUT2D eigenvalue weighted by Crippen LogP contribution is 2.30. The van der Waals surface area contributed by atoms with E-state index in [2.05, 4.69) is 0 Å². The number of halogens is 5. The van der Waals surface area contributed by atoms with Crippen molar-refractivity contribution in [3.8, 4) is 0 Å². The Labute approximate surface area is 159 Å². The Kier molecular flexibility index (Phi) is 5.56. The van der Waals surface area contributed by atoms with Crippen LogP contribution in [0.1, 0.15) is 22.3 Å². The number of hydrogen-bond acceptors (Lipinski definition) is 1. The van der Waals surface area contributed by atoms with E-state index >= 15 is 0 Å². The van der Waals surface area contributed by atoms with Crippen molar-refractivity contribution in [1.29, 1.82) is 0 Å². The summed E-state index contributed by atoms with van der Waals surface area (Å²) in [5, 5.41) is 0.428. The molecule has 0 saturated heterocycles. The van der Waals surface area contributed by atoms with E-state index in [1.807, 2.05) is 0 Å². The van der Waals surface area contributed by atoms with Crippen LogP contribution in [0.25, 0.3) is 12.2 Å². The highest BCUT2D eigenvalue weighted by Gasteiger charge is 2.42. The number of rotatable bonds is 2. The third kappa shape index (κ3) is 4.33. The lowest BCUT2D eigenvalue weighted by atomic mass is 9.96.